The van der Waals surface area contributed by atoms with Gasteiger partial charge in [0.1, 0.15) is 5.69 Å². The highest BCUT2D eigenvalue weighted by Crippen LogP contribution is 2.29. The minimum absolute atomic E-state index is 0.000865. The quantitative estimate of drug-likeness (QED) is 0.723. The first-order valence-corrected chi connectivity index (χ1v) is 8.99. The Kier molecular flexibility index (Phi) is 4.23. The molecule has 1 aliphatic rings. The molecule has 3 aromatic heterocycles. The van der Waals surface area contributed by atoms with Gasteiger partial charge in [-0.05, 0) is 31.2 Å². The predicted molar refractivity (Wildman–Crippen MR) is 96.9 cm³/mol. The number of hydrogen-bond acceptors (Lipinski definition) is 6. The monoisotopic (exact) mass is 354 g/mol. The van der Waals surface area contributed by atoms with E-state index in [0.29, 0.717) is 24.5 Å². The normalized spacial score (nSPS) is 14.8. The fourth-order valence-electron chi connectivity index (χ4n) is 2.97. The number of carbonyl (C=O) groups is 1. The summed E-state index contributed by atoms with van der Waals surface area (Å²) in [5.74, 6) is 0.704. The van der Waals surface area contributed by atoms with E-state index in [4.69, 9.17) is 4.42 Å². The van der Waals surface area contributed by atoms with Gasteiger partial charge in [0.25, 0.3) is 5.91 Å². The van der Waals surface area contributed by atoms with E-state index in [-0.39, 0.29) is 5.91 Å². The molecule has 7 heteroatoms. The molecule has 4 heterocycles. The van der Waals surface area contributed by atoms with Crippen LogP contribution in [-0.4, -0.2) is 47.0 Å². The fourth-order valence-corrected chi connectivity index (χ4v) is 3.85. The summed E-state index contributed by atoms with van der Waals surface area (Å²) >= 11 is 1.49. The summed E-state index contributed by atoms with van der Waals surface area (Å²) in [4.78, 5) is 26.5. The van der Waals surface area contributed by atoms with Crippen molar-refractivity contribution in [1.82, 2.24) is 14.9 Å². The van der Waals surface area contributed by atoms with Crippen molar-refractivity contribution in [2.45, 2.75) is 6.92 Å². The lowest BCUT2D eigenvalue weighted by Crippen LogP contribution is -2.49. The molecule has 0 radical (unpaired) electrons. The van der Waals surface area contributed by atoms with Crippen molar-refractivity contribution >= 4 is 22.9 Å². The van der Waals surface area contributed by atoms with Crippen LogP contribution in [0.5, 0.6) is 0 Å². The maximum Gasteiger partial charge on any atom is 0.273 e. The van der Waals surface area contributed by atoms with Crippen LogP contribution in [-0.2, 0) is 0 Å². The first kappa shape index (κ1) is 15.8. The summed E-state index contributed by atoms with van der Waals surface area (Å²) in [6, 6.07) is 7.68. The maximum atomic E-state index is 12.9. The van der Waals surface area contributed by atoms with E-state index in [0.717, 1.165) is 28.7 Å². The van der Waals surface area contributed by atoms with Crippen molar-refractivity contribution in [2.75, 3.05) is 31.1 Å². The fraction of sp³-hybridized carbons (Fsp3) is 0.278. The maximum absolute atomic E-state index is 12.9. The number of anilines is 1. The summed E-state index contributed by atoms with van der Waals surface area (Å²) in [7, 11) is 0. The zero-order valence-electron chi connectivity index (χ0n) is 13.9. The topological polar surface area (TPSA) is 62.5 Å². The minimum Gasteiger partial charge on any atom is -0.462 e. The van der Waals surface area contributed by atoms with Gasteiger partial charge < -0.3 is 14.2 Å². The Bertz CT molecular complexity index is 853. The number of nitrogens with zero attached hydrogens (tertiary/aromatic N) is 4. The molecule has 0 N–H and O–H groups in total. The van der Waals surface area contributed by atoms with Gasteiger partial charge in [0.05, 0.1) is 6.26 Å². The van der Waals surface area contributed by atoms with E-state index in [1.807, 2.05) is 36.1 Å². The highest BCUT2D eigenvalue weighted by atomic mass is 32.1. The van der Waals surface area contributed by atoms with Gasteiger partial charge >= 0.3 is 0 Å². The van der Waals surface area contributed by atoms with Crippen molar-refractivity contribution in [3.63, 3.8) is 0 Å². The molecule has 3 aromatic rings. The van der Waals surface area contributed by atoms with Crippen molar-refractivity contribution in [2.24, 2.45) is 0 Å². The Labute approximate surface area is 149 Å². The number of aryl methyl sites for hydroxylation is 1. The van der Waals surface area contributed by atoms with Crippen LogP contribution >= 0.6 is 11.3 Å². The Balaban J connectivity index is 1.46. The van der Waals surface area contributed by atoms with Crippen LogP contribution in [0.2, 0.25) is 0 Å². The number of furan rings is 1. The van der Waals surface area contributed by atoms with Gasteiger partial charge in [-0.25, -0.2) is 4.98 Å². The van der Waals surface area contributed by atoms with Crippen LogP contribution in [0.1, 0.15) is 15.4 Å². The third kappa shape index (κ3) is 3.15. The van der Waals surface area contributed by atoms with E-state index < -0.39 is 0 Å². The molecule has 1 amide bonds. The molecule has 1 fully saturated rings. The molecule has 0 unspecified atom stereocenters. The molecule has 0 saturated carbocycles. The average molecular weight is 354 g/mol. The van der Waals surface area contributed by atoms with Crippen LogP contribution in [0.3, 0.4) is 0 Å². The van der Waals surface area contributed by atoms with Crippen LogP contribution < -0.4 is 4.90 Å². The van der Waals surface area contributed by atoms with E-state index in [1.165, 1.54) is 11.3 Å². The molecule has 0 bridgehead atoms. The SMILES string of the molecule is Cc1sc(-c2ccco2)nc1C(=O)N1CCN(c2ccncc2)CC1. The number of piperazine rings is 1. The van der Waals surface area contributed by atoms with Crippen molar-refractivity contribution < 1.29 is 9.21 Å². The number of aromatic nitrogens is 2. The number of thiazole rings is 1. The van der Waals surface area contributed by atoms with Crippen LogP contribution in [0, 0.1) is 6.92 Å². The van der Waals surface area contributed by atoms with Gasteiger partial charge in [-0.15, -0.1) is 11.3 Å². The lowest BCUT2D eigenvalue weighted by Gasteiger charge is -2.35. The van der Waals surface area contributed by atoms with E-state index in [2.05, 4.69) is 14.9 Å². The Morgan fingerprint density at radius 2 is 1.92 bits per heavy atom. The highest BCUT2D eigenvalue weighted by Gasteiger charge is 2.26. The lowest BCUT2D eigenvalue weighted by molar-refractivity contribution is 0.0741. The first-order chi connectivity index (χ1) is 12.2. The first-order valence-electron chi connectivity index (χ1n) is 8.18. The number of rotatable bonds is 3. The molecule has 0 spiro atoms. The summed E-state index contributed by atoms with van der Waals surface area (Å²) in [5, 5.41) is 0.751. The molecule has 25 heavy (non-hydrogen) atoms. The molecule has 0 aromatic carbocycles. The Morgan fingerprint density at radius 3 is 2.60 bits per heavy atom. The Morgan fingerprint density at radius 1 is 1.16 bits per heavy atom. The zero-order chi connectivity index (χ0) is 17.2. The molecule has 128 valence electrons. The summed E-state index contributed by atoms with van der Waals surface area (Å²) in [6.45, 7) is 4.93. The molecule has 1 aliphatic heterocycles. The third-order valence-corrected chi connectivity index (χ3v) is 5.31. The smallest absolute Gasteiger partial charge is 0.273 e. The van der Waals surface area contributed by atoms with Gasteiger partial charge in [-0.2, -0.15) is 0 Å². The predicted octanol–water partition coefficient (Wildman–Crippen LogP) is 3.07. The molecular weight excluding hydrogens is 336 g/mol. The molecule has 6 nitrogen and oxygen atoms in total. The largest absolute Gasteiger partial charge is 0.462 e. The zero-order valence-corrected chi connectivity index (χ0v) is 14.7. The highest BCUT2D eigenvalue weighted by molar-refractivity contribution is 7.15. The second kappa shape index (κ2) is 6.68. The van der Waals surface area contributed by atoms with Gasteiger partial charge in [-0.1, -0.05) is 0 Å². The summed E-state index contributed by atoms with van der Waals surface area (Å²) in [5.41, 5.74) is 1.68. The van der Waals surface area contributed by atoms with E-state index >= 15 is 0 Å². The molecule has 4 rings (SSSR count). The van der Waals surface area contributed by atoms with Gasteiger partial charge in [0.15, 0.2) is 10.8 Å². The molecule has 0 atom stereocenters. The molecule has 0 aliphatic carbocycles. The average Bonchev–Trinajstić information content (AvgIpc) is 3.32. The minimum atomic E-state index is 0.000865. The number of hydrogen-bond donors (Lipinski definition) is 0. The van der Waals surface area contributed by atoms with Crippen LogP contribution in [0.15, 0.2) is 47.3 Å². The number of amides is 1. The van der Waals surface area contributed by atoms with Crippen molar-refractivity contribution in [3.05, 3.63) is 53.5 Å². The summed E-state index contributed by atoms with van der Waals surface area (Å²) < 4.78 is 5.39. The number of carbonyl (C=O) groups excluding carboxylic acids is 1. The Hall–Kier alpha value is -2.67. The number of pyridine rings is 1. The molecular formula is C18H18N4O2S. The van der Waals surface area contributed by atoms with Gasteiger partial charge in [0, 0.05) is 49.1 Å². The van der Waals surface area contributed by atoms with E-state index in [9.17, 15) is 4.79 Å². The standard InChI is InChI=1S/C18H18N4O2S/c1-13-16(20-17(25-13)15-3-2-12-24-15)18(23)22-10-8-21(9-11-22)14-4-6-19-7-5-14/h2-7,12H,8-11H2,1H3. The van der Waals surface area contributed by atoms with Gasteiger partial charge in [-0.3, -0.25) is 9.78 Å². The van der Waals surface area contributed by atoms with Crippen molar-refractivity contribution in [1.29, 1.82) is 0 Å². The summed E-state index contributed by atoms with van der Waals surface area (Å²) in [6.07, 6.45) is 5.20. The second-order valence-corrected chi connectivity index (χ2v) is 7.09. The van der Waals surface area contributed by atoms with E-state index in [1.54, 1.807) is 18.7 Å². The van der Waals surface area contributed by atoms with Crippen LogP contribution in [0.25, 0.3) is 10.8 Å². The molecule has 1 saturated heterocycles. The third-order valence-electron chi connectivity index (χ3n) is 4.33. The van der Waals surface area contributed by atoms with Crippen LogP contribution in [0.4, 0.5) is 5.69 Å². The van der Waals surface area contributed by atoms with Crippen molar-refractivity contribution in [3.8, 4) is 10.8 Å². The lowest BCUT2D eigenvalue weighted by atomic mass is 10.2. The second-order valence-electron chi connectivity index (χ2n) is 5.89. The van der Waals surface area contributed by atoms with Gasteiger partial charge in [0.2, 0.25) is 0 Å².